The van der Waals surface area contributed by atoms with Crippen molar-refractivity contribution >= 4 is 11.5 Å². The molecule has 0 aliphatic carbocycles. The Morgan fingerprint density at radius 2 is 2.35 bits per heavy atom. The SMILES string of the molecule is Cn1cccc1C(=O)Cn1cc([N+](=O)[O-])cn1. The molecule has 7 nitrogen and oxygen atoms in total. The van der Waals surface area contributed by atoms with Crippen LogP contribution in [0.3, 0.4) is 0 Å². The lowest BCUT2D eigenvalue weighted by Crippen LogP contribution is -2.13. The third-order valence-corrected chi connectivity index (χ3v) is 2.37. The second-order valence-corrected chi connectivity index (χ2v) is 3.58. The van der Waals surface area contributed by atoms with Crippen LogP contribution in [0.5, 0.6) is 0 Å². The number of nitrogens with zero attached hydrogens (tertiary/aromatic N) is 4. The number of carbonyl (C=O) groups excluding carboxylic acids is 1. The number of rotatable bonds is 4. The maximum Gasteiger partial charge on any atom is 0.307 e. The zero-order chi connectivity index (χ0) is 12.4. The molecule has 0 N–H and O–H groups in total. The van der Waals surface area contributed by atoms with Gasteiger partial charge in [0.15, 0.2) is 0 Å². The fraction of sp³-hybridized carbons (Fsp3) is 0.200. The van der Waals surface area contributed by atoms with Crippen molar-refractivity contribution in [2.45, 2.75) is 6.54 Å². The number of hydrogen-bond acceptors (Lipinski definition) is 4. The van der Waals surface area contributed by atoms with E-state index in [9.17, 15) is 14.9 Å². The van der Waals surface area contributed by atoms with Gasteiger partial charge in [0.2, 0.25) is 5.78 Å². The van der Waals surface area contributed by atoms with Crippen molar-refractivity contribution in [2.75, 3.05) is 0 Å². The Labute approximate surface area is 96.4 Å². The second kappa shape index (κ2) is 4.20. The molecule has 0 amide bonds. The summed E-state index contributed by atoms with van der Waals surface area (Å²) >= 11 is 0. The molecule has 2 aromatic heterocycles. The van der Waals surface area contributed by atoms with Gasteiger partial charge in [0.25, 0.3) is 0 Å². The van der Waals surface area contributed by atoms with E-state index in [4.69, 9.17) is 0 Å². The lowest BCUT2D eigenvalue weighted by Gasteiger charge is -2.02. The molecule has 88 valence electrons. The van der Waals surface area contributed by atoms with E-state index in [-0.39, 0.29) is 18.0 Å². The molecule has 2 heterocycles. The van der Waals surface area contributed by atoms with Gasteiger partial charge in [0, 0.05) is 13.2 Å². The molecule has 0 aromatic carbocycles. The van der Waals surface area contributed by atoms with Crippen molar-refractivity contribution < 1.29 is 9.72 Å². The van der Waals surface area contributed by atoms with Crippen LogP contribution in [0.4, 0.5) is 5.69 Å². The number of aromatic nitrogens is 3. The second-order valence-electron chi connectivity index (χ2n) is 3.58. The fourth-order valence-electron chi connectivity index (χ4n) is 1.51. The first-order chi connectivity index (χ1) is 8.08. The van der Waals surface area contributed by atoms with Crippen molar-refractivity contribution in [3.63, 3.8) is 0 Å². The van der Waals surface area contributed by atoms with Crippen LogP contribution in [-0.2, 0) is 13.6 Å². The van der Waals surface area contributed by atoms with Crippen LogP contribution in [0.25, 0.3) is 0 Å². The summed E-state index contributed by atoms with van der Waals surface area (Å²) in [5, 5.41) is 14.2. The Bertz CT molecular complexity index is 570. The van der Waals surface area contributed by atoms with E-state index in [1.807, 2.05) is 0 Å². The first-order valence-electron chi connectivity index (χ1n) is 4.89. The predicted molar refractivity (Wildman–Crippen MR) is 58.6 cm³/mol. The van der Waals surface area contributed by atoms with Crippen LogP contribution in [0.2, 0.25) is 0 Å². The van der Waals surface area contributed by atoms with Gasteiger partial charge in [0.1, 0.15) is 18.9 Å². The number of Topliss-reactive ketones (excluding diaryl/α,β-unsaturated/α-hetero) is 1. The lowest BCUT2D eigenvalue weighted by atomic mass is 10.3. The first kappa shape index (κ1) is 11.1. The molecule has 0 spiro atoms. The Morgan fingerprint density at radius 3 is 2.88 bits per heavy atom. The maximum absolute atomic E-state index is 11.8. The fourth-order valence-corrected chi connectivity index (χ4v) is 1.51. The minimum absolute atomic E-state index is 0.00824. The highest BCUT2D eigenvalue weighted by Crippen LogP contribution is 2.09. The minimum atomic E-state index is -0.545. The number of aryl methyl sites for hydroxylation is 1. The van der Waals surface area contributed by atoms with Crippen LogP contribution in [0, 0.1) is 10.1 Å². The molecule has 0 saturated carbocycles. The van der Waals surface area contributed by atoms with Crippen LogP contribution < -0.4 is 0 Å². The number of hydrogen-bond donors (Lipinski definition) is 0. The van der Waals surface area contributed by atoms with Crippen LogP contribution >= 0.6 is 0 Å². The normalized spacial score (nSPS) is 10.4. The molecule has 17 heavy (non-hydrogen) atoms. The molecule has 0 radical (unpaired) electrons. The van der Waals surface area contributed by atoms with Crippen molar-refractivity contribution in [3.8, 4) is 0 Å². The summed E-state index contributed by atoms with van der Waals surface area (Å²) < 4.78 is 2.95. The molecule has 2 aromatic rings. The predicted octanol–water partition coefficient (Wildman–Crippen LogP) is 1.01. The molecule has 7 heteroatoms. The van der Waals surface area contributed by atoms with E-state index in [1.54, 1.807) is 29.9 Å². The van der Waals surface area contributed by atoms with Crippen molar-refractivity contribution in [3.05, 3.63) is 46.5 Å². The van der Waals surface area contributed by atoms with Crippen molar-refractivity contribution in [2.24, 2.45) is 7.05 Å². The van der Waals surface area contributed by atoms with Crippen LogP contribution in [0.1, 0.15) is 10.5 Å². The zero-order valence-electron chi connectivity index (χ0n) is 9.11. The van der Waals surface area contributed by atoms with Gasteiger partial charge in [-0.05, 0) is 12.1 Å². The highest BCUT2D eigenvalue weighted by molar-refractivity contribution is 5.94. The lowest BCUT2D eigenvalue weighted by molar-refractivity contribution is -0.385. The molecule has 0 bridgehead atoms. The Morgan fingerprint density at radius 1 is 1.59 bits per heavy atom. The largest absolute Gasteiger partial charge is 0.348 e. The monoisotopic (exact) mass is 234 g/mol. The van der Waals surface area contributed by atoms with Gasteiger partial charge in [-0.1, -0.05) is 0 Å². The van der Waals surface area contributed by atoms with Crippen LogP contribution in [0.15, 0.2) is 30.7 Å². The van der Waals surface area contributed by atoms with E-state index in [2.05, 4.69) is 5.10 Å². The molecule has 0 aliphatic rings. The highest BCUT2D eigenvalue weighted by atomic mass is 16.6. The van der Waals surface area contributed by atoms with Gasteiger partial charge in [0.05, 0.1) is 10.6 Å². The van der Waals surface area contributed by atoms with E-state index in [1.165, 1.54) is 10.9 Å². The maximum atomic E-state index is 11.8. The van der Waals surface area contributed by atoms with Gasteiger partial charge >= 0.3 is 5.69 Å². The third-order valence-electron chi connectivity index (χ3n) is 2.37. The zero-order valence-corrected chi connectivity index (χ0v) is 9.11. The Balaban J connectivity index is 2.13. The summed E-state index contributed by atoms with van der Waals surface area (Å²) in [5.41, 5.74) is 0.424. The molecule has 0 fully saturated rings. The molecule has 0 saturated heterocycles. The summed E-state index contributed by atoms with van der Waals surface area (Å²) in [5.74, 6) is -0.143. The van der Waals surface area contributed by atoms with Gasteiger partial charge in [-0.15, -0.1) is 0 Å². The van der Waals surface area contributed by atoms with Crippen molar-refractivity contribution in [1.29, 1.82) is 0 Å². The topological polar surface area (TPSA) is 83.0 Å². The number of nitro groups is 1. The smallest absolute Gasteiger partial charge is 0.307 e. The van der Waals surface area contributed by atoms with Gasteiger partial charge < -0.3 is 4.57 Å². The Kier molecular flexibility index (Phi) is 2.73. The Hall–Kier alpha value is -2.44. The van der Waals surface area contributed by atoms with Crippen molar-refractivity contribution in [1.82, 2.24) is 14.3 Å². The quantitative estimate of drug-likeness (QED) is 0.449. The third kappa shape index (κ3) is 2.22. The van der Waals surface area contributed by atoms with Gasteiger partial charge in [-0.2, -0.15) is 5.10 Å². The standard InChI is InChI=1S/C10H10N4O3/c1-12-4-2-3-9(12)10(15)7-13-6-8(5-11-13)14(16)17/h2-6H,7H2,1H3. The van der Waals surface area contributed by atoms with E-state index >= 15 is 0 Å². The average Bonchev–Trinajstić information content (AvgIpc) is 2.86. The molecular formula is C10H10N4O3. The highest BCUT2D eigenvalue weighted by Gasteiger charge is 2.13. The number of carbonyl (C=O) groups is 1. The summed E-state index contributed by atoms with van der Waals surface area (Å²) in [6.07, 6.45) is 4.12. The first-order valence-corrected chi connectivity index (χ1v) is 4.89. The molecule has 2 rings (SSSR count). The van der Waals surface area contributed by atoms with E-state index < -0.39 is 4.92 Å². The van der Waals surface area contributed by atoms with E-state index in [0.717, 1.165) is 6.20 Å². The molecular weight excluding hydrogens is 224 g/mol. The van der Waals surface area contributed by atoms with E-state index in [0.29, 0.717) is 5.69 Å². The summed E-state index contributed by atoms with van der Waals surface area (Å²) in [6.45, 7) is -0.00824. The summed E-state index contributed by atoms with van der Waals surface area (Å²) in [4.78, 5) is 21.7. The summed E-state index contributed by atoms with van der Waals surface area (Å²) in [6, 6.07) is 3.46. The molecule has 0 unspecified atom stereocenters. The number of ketones is 1. The minimum Gasteiger partial charge on any atom is -0.348 e. The average molecular weight is 234 g/mol. The molecule has 0 aliphatic heterocycles. The van der Waals surface area contributed by atoms with Crippen LogP contribution in [-0.4, -0.2) is 25.1 Å². The van der Waals surface area contributed by atoms with Gasteiger partial charge in [-0.25, -0.2) is 0 Å². The van der Waals surface area contributed by atoms with Gasteiger partial charge in [-0.3, -0.25) is 19.6 Å². The molecule has 0 atom stereocenters. The summed E-state index contributed by atoms with van der Waals surface area (Å²) in [7, 11) is 1.76.